The van der Waals surface area contributed by atoms with E-state index < -0.39 is 0 Å². The molecule has 3 aromatic rings. The van der Waals surface area contributed by atoms with Gasteiger partial charge in [0.2, 0.25) is 5.78 Å². The zero-order valence-corrected chi connectivity index (χ0v) is 19.3. The third kappa shape index (κ3) is 4.97. The van der Waals surface area contributed by atoms with Crippen LogP contribution in [-0.2, 0) is 6.54 Å². The van der Waals surface area contributed by atoms with Crippen molar-refractivity contribution in [3.8, 4) is 0 Å². The van der Waals surface area contributed by atoms with Gasteiger partial charge in [-0.05, 0) is 42.4 Å². The number of carbonyl (C=O) groups is 1. The van der Waals surface area contributed by atoms with Crippen molar-refractivity contribution < 1.29 is 9.90 Å². The van der Waals surface area contributed by atoms with E-state index in [-0.39, 0.29) is 35.1 Å². The Labute approximate surface area is 194 Å². The Bertz CT molecular complexity index is 1090. The number of rotatable bonds is 7. The van der Waals surface area contributed by atoms with Crippen LogP contribution in [0.4, 0.5) is 5.82 Å². The molecule has 0 amide bonds. The van der Waals surface area contributed by atoms with Crippen LogP contribution in [0.25, 0.3) is 0 Å². The highest BCUT2D eigenvalue weighted by Gasteiger charge is 2.32. The summed E-state index contributed by atoms with van der Waals surface area (Å²) >= 11 is 9.82. The van der Waals surface area contributed by atoms with Crippen molar-refractivity contribution in [1.29, 1.82) is 0 Å². The van der Waals surface area contributed by atoms with Gasteiger partial charge in [-0.3, -0.25) is 9.48 Å². The second-order valence-corrected chi connectivity index (χ2v) is 9.32. The number of anilines is 1. The predicted molar refractivity (Wildman–Crippen MR) is 122 cm³/mol. The van der Waals surface area contributed by atoms with E-state index in [0.29, 0.717) is 23.8 Å². The zero-order chi connectivity index (χ0) is 22.0. The molecule has 2 heterocycles. The predicted octanol–water partition coefficient (Wildman–Crippen LogP) is 4.19. The maximum Gasteiger partial charge on any atom is 0.220 e. The Balaban J connectivity index is 1.54. The molecule has 1 aromatic carbocycles. The third-order valence-electron chi connectivity index (χ3n) is 5.75. The molecule has 0 spiro atoms. The molecule has 2 N–H and O–H groups in total. The van der Waals surface area contributed by atoms with E-state index in [9.17, 15) is 9.90 Å². The summed E-state index contributed by atoms with van der Waals surface area (Å²) in [6, 6.07) is 8.01. The number of aliphatic hydroxyl groups is 1. The van der Waals surface area contributed by atoms with Crippen molar-refractivity contribution in [3.63, 3.8) is 0 Å². The minimum absolute atomic E-state index is 0.137. The molecule has 0 aliphatic heterocycles. The molecule has 0 saturated heterocycles. The summed E-state index contributed by atoms with van der Waals surface area (Å²) in [5.41, 5.74) is 1.53. The highest BCUT2D eigenvalue weighted by molar-refractivity contribution is 9.10. The van der Waals surface area contributed by atoms with Crippen LogP contribution in [0.15, 0.2) is 47.5 Å². The van der Waals surface area contributed by atoms with Crippen molar-refractivity contribution in [1.82, 2.24) is 19.7 Å². The average molecular weight is 505 g/mol. The molecule has 7 nitrogen and oxygen atoms in total. The van der Waals surface area contributed by atoms with Gasteiger partial charge in [0.25, 0.3) is 0 Å². The summed E-state index contributed by atoms with van der Waals surface area (Å²) in [5.74, 6) is 0.799. The standard InChI is InChI=1S/C22H23BrClN5O2/c1-13-5-17(7-15(13)11-30)27-22-18(8-25-12-26-22)21(31)20-19(24)10-29(28-20)9-14-3-2-4-16(23)6-14/h2-4,6,8,10,12-13,15,17,30H,5,7,9,11H2,1H3,(H,25,26,27)/t13-,15+,17-/m0/s1. The molecule has 0 bridgehead atoms. The number of halogens is 2. The SMILES string of the molecule is C[C@H]1C[C@H](Nc2ncncc2C(=O)c2nn(Cc3cccc(Br)c3)cc2Cl)C[C@@H]1CO. The summed E-state index contributed by atoms with van der Waals surface area (Å²) < 4.78 is 2.63. The van der Waals surface area contributed by atoms with E-state index in [1.54, 1.807) is 10.9 Å². The lowest BCUT2D eigenvalue weighted by molar-refractivity contribution is 0.103. The number of aromatic nitrogens is 4. The lowest BCUT2D eigenvalue weighted by Gasteiger charge is -2.15. The molecular weight excluding hydrogens is 482 g/mol. The van der Waals surface area contributed by atoms with Gasteiger partial charge in [0.15, 0.2) is 5.69 Å². The van der Waals surface area contributed by atoms with Gasteiger partial charge in [-0.15, -0.1) is 0 Å². The lowest BCUT2D eigenvalue weighted by atomic mass is 10.00. The minimum atomic E-state index is -0.328. The Morgan fingerprint density at radius 3 is 2.97 bits per heavy atom. The molecule has 1 aliphatic carbocycles. The van der Waals surface area contributed by atoms with E-state index in [1.807, 2.05) is 24.3 Å². The highest BCUT2D eigenvalue weighted by atomic mass is 79.9. The Morgan fingerprint density at radius 1 is 1.39 bits per heavy atom. The smallest absolute Gasteiger partial charge is 0.220 e. The zero-order valence-electron chi connectivity index (χ0n) is 17.0. The van der Waals surface area contributed by atoms with Crippen LogP contribution in [0, 0.1) is 11.8 Å². The molecule has 1 fully saturated rings. The second-order valence-electron chi connectivity index (χ2n) is 8.00. The van der Waals surface area contributed by atoms with E-state index in [0.717, 1.165) is 22.9 Å². The van der Waals surface area contributed by atoms with E-state index in [1.165, 1.54) is 12.5 Å². The molecule has 9 heteroatoms. The monoisotopic (exact) mass is 503 g/mol. The molecule has 162 valence electrons. The van der Waals surface area contributed by atoms with E-state index >= 15 is 0 Å². The topological polar surface area (TPSA) is 92.9 Å². The van der Waals surface area contributed by atoms with Gasteiger partial charge in [-0.25, -0.2) is 9.97 Å². The molecule has 2 aromatic heterocycles. The molecular formula is C22H23BrClN5O2. The number of ketones is 1. The number of carbonyl (C=O) groups excluding carboxylic acids is 1. The molecule has 4 rings (SSSR count). The number of nitrogens with zero attached hydrogens (tertiary/aromatic N) is 4. The average Bonchev–Trinajstić information content (AvgIpc) is 3.29. The Hall–Kier alpha value is -2.29. The molecule has 3 atom stereocenters. The largest absolute Gasteiger partial charge is 0.396 e. The molecule has 1 saturated carbocycles. The molecule has 0 unspecified atom stereocenters. The maximum atomic E-state index is 13.2. The summed E-state index contributed by atoms with van der Waals surface area (Å²) in [6.45, 7) is 2.79. The van der Waals surface area contributed by atoms with Gasteiger partial charge in [0.05, 0.1) is 17.1 Å². The van der Waals surface area contributed by atoms with Gasteiger partial charge in [0.1, 0.15) is 12.1 Å². The quantitative estimate of drug-likeness (QED) is 0.469. The van der Waals surface area contributed by atoms with Gasteiger partial charge in [0, 0.05) is 29.5 Å². The summed E-state index contributed by atoms with van der Waals surface area (Å²) in [6.07, 6.45) is 6.29. The normalized spacial score (nSPS) is 20.7. The summed E-state index contributed by atoms with van der Waals surface area (Å²) in [7, 11) is 0. The fourth-order valence-electron chi connectivity index (χ4n) is 4.09. The van der Waals surface area contributed by atoms with Crippen LogP contribution < -0.4 is 5.32 Å². The Kier molecular flexibility index (Phi) is 6.69. The van der Waals surface area contributed by atoms with Crippen molar-refractivity contribution in [2.75, 3.05) is 11.9 Å². The summed E-state index contributed by atoms with van der Waals surface area (Å²) in [4.78, 5) is 21.6. The minimum Gasteiger partial charge on any atom is -0.396 e. The fraction of sp³-hybridized carbons (Fsp3) is 0.364. The first kappa shape index (κ1) is 21.9. The van der Waals surface area contributed by atoms with Crippen LogP contribution in [0.1, 0.15) is 41.4 Å². The van der Waals surface area contributed by atoms with Crippen LogP contribution >= 0.6 is 27.5 Å². The first-order valence-corrected chi connectivity index (χ1v) is 11.3. The number of hydrogen-bond donors (Lipinski definition) is 2. The van der Waals surface area contributed by atoms with Crippen LogP contribution in [0.3, 0.4) is 0 Å². The third-order valence-corrected chi connectivity index (χ3v) is 6.52. The number of aliphatic hydroxyl groups excluding tert-OH is 1. The second kappa shape index (κ2) is 9.46. The number of hydrogen-bond acceptors (Lipinski definition) is 6. The highest BCUT2D eigenvalue weighted by Crippen LogP contribution is 2.33. The first-order chi connectivity index (χ1) is 14.9. The van der Waals surface area contributed by atoms with Gasteiger partial charge in [-0.2, -0.15) is 5.10 Å². The number of benzene rings is 1. The van der Waals surface area contributed by atoms with Crippen molar-refractivity contribution >= 4 is 39.1 Å². The lowest BCUT2D eigenvalue weighted by Crippen LogP contribution is -2.20. The van der Waals surface area contributed by atoms with Crippen molar-refractivity contribution in [2.24, 2.45) is 11.8 Å². The van der Waals surface area contributed by atoms with Crippen LogP contribution in [0.2, 0.25) is 5.02 Å². The molecule has 0 radical (unpaired) electrons. The first-order valence-electron chi connectivity index (χ1n) is 10.1. The van der Waals surface area contributed by atoms with E-state index in [4.69, 9.17) is 11.6 Å². The molecule has 31 heavy (non-hydrogen) atoms. The van der Waals surface area contributed by atoms with Gasteiger partial charge < -0.3 is 10.4 Å². The number of nitrogens with one attached hydrogen (secondary N) is 1. The van der Waals surface area contributed by atoms with Crippen LogP contribution in [0.5, 0.6) is 0 Å². The Morgan fingerprint density at radius 2 is 2.23 bits per heavy atom. The summed E-state index contributed by atoms with van der Waals surface area (Å²) in [5, 5.41) is 17.6. The van der Waals surface area contributed by atoms with Crippen molar-refractivity contribution in [2.45, 2.75) is 32.4 Å². The molecule has 1 aliphatic rings. The van der Waals surface area contributed by atoms with E-state index in [2.05, 4.69) is 43.2 Å². The fourth-order valence-corrected chi connectivity index (χ4v) is 4.78. The van der Waals surface area contributed by atoms with Crippen molar-refractivity contribution in [3.05, 3.63) is 69.3 Å². The van der Waals surface area contributed by atoms with Gasteiger partial charge >= 0.3 is 0 Å². The van der Waals surface area contributed by atoms with Crippen LogP contribution in [-0.4, -0.2) is 43.3 Å². The van der Waals surface area contributed by atoms with Gasteiger partial charge in [-0.1, -0.05) is 46.6 Å². The maximum absolute atomic E-state index is 13.2.